The molecule has 0 radical (unpaired) electrons. The van der Waals surface area contributed by atoms with Crippen LogP contribution in [0.1, 0.15) is 44.6 Å². The maximum atomic E-state index is 13.0. The van der Waals surface area contributed by atoms with Crippen molar-refractivity contribution < 1.29 is 4.79 Å². The molecular weight excluding hydrogens is 354 g/mol. The Hall–Kier alpha value is -1.34. The minimum absolute atomic E-state index is 0.00499. The highest BCUT2D eigenvalue weighted by Gasteiger charge is 2.18. The zero-order chi connectivity index (χ0) is 18.7. The van der Waals surface area contributed by atoms with Crippen molar-refractivity contribution >= 4 is 39.2 Å². The van der Waals surface area contributed by atoms with E-state index in [1.54, 1.807) is 15.9 Å². The van der Waals surface area contributed by atoms with Gasteiger partial charge in [-0.15, -0.1) is 11.3 Å². The molecule has 0 bridgehead atoms. The topological polar surface area (TPSA) is 64.0 Å². The predicted octanol–water partition coefficient (Wildman–Crippen LogP) is 3.74. The van der Waals surface area contributed by atoms with E-state index in [0.29, 0.717) is 17.6 Å². The number of hydrogen-bond donors (Lipinski definition) is 1. The van der Waals surface area contributed by atoms with E-state index in [-0.39, 0.29) is 23.3 Å². The number of aryl methyl sites for hydroxylation is 2. The molecule has 0 saturated carbocycles. The summed E-state index contributed by atoms with van der Waals surface area (Å²) in [6.07, 6.45) is 0.895. The second kappa shape index (κ2) is 8.36. The molecule has 0 aliphatic carbocycles. The Morgan fingerprint density at radius 1 is 1.32 bits per heavy atom. The van der Waals surface area contributed by atoms with Gasteiger partial charge in [0.05, 0.1) is 11.1 Å². The molecule has 1 atom stereocenters. The summed E-state index contributed by atoms with van der Waals surface area (Å²) in [7, 11) is 0. The zero-order valence-electron chi connectivity index (χ0n) is 15.8. The summed E-state index contributed by atoms with van der Waals surface area (Å²) in [4.78, 5) is 31.7. The molecule has 0 fully saturated rings. The number of aromatic nitrogens is 2. The molecule has 2 rings (SSSR count). The van der Waals surface area contributed by atoms with Gasteiger partial charge in [-0.2, -0.15) is 0 Å². The van der Waals surface area contributed by atoms with Crippen LogP contribution >= 0.6 is 23.1 Å². The van der Waals surface area contributed by atoms with Crippen LogP contribution in [0.25, 0.3) is 10.2 Å². The van der Waals surface area contributed by atoms with Gasteiger partial charge in [0.1, 0.15) is 4.83 Å². The normalized spacial score (nSPS) is 12.8. The van der Waals surface area contributed by atoms with Crippen molar-refractivity contribution in [3.63, 3.8) is 0 Å². The van der Waals surface area contributed by atoms with Crippen molar-refractivity contribution in [1.29, 1.82) is 0 Å². The van der Waals surface area contributed by atoms with Crippen molar-refractivity contribution in [2.75, 3.05) is 5.75 Å². The lowest BCUT2D eigenvalue weighted by Crippen LogP contribution is -2.33. The van der Waals surface area contributed by atoms with Gasteiger partial charge >= 0.3 is 0 Å². The van der Waals surface area contributed by atoms with Gasteiger partial charge in [0.15, 0.2) is 5.16 Å². The predicted molar refractivity (Wildman–Crippen MR) is 107 cm³/mol. The molecule has 0 aliphatic heterocycles. The van der Waals surface area contributed by atoms with Crippen LogP contribution in [0.4, 0.5) is 0 Å². The molecule has 5 nitrogen and oxygen atoms in total. The zero-order valence-corrected chi connectivity index (χ0v) is 17.4. The minimum atomic E-state index is -0.0247. The van der Waals surface area contributed by atoms with Crippen LogP contribution in [0.2, 0.25) is 0 Å². The maximum absolute atomic E-state index is 13.0. The summed E-state index contributed by atoms with van der Waals surface area (Å²) >= 11 is 2.89. The minimum Gasteiger partial charge on any atom is -0.353 e. The number of amides is 1. The molecule has 7 heteroatoms. The van der Waals surface area contributed by atoms with Crippen molar-refractivity contribution in [2.45, 2.75) is 65.7 Å². The first-order chi connectivity index (χ1) is 11.7. The molecule has 1 amide bonds. The molecule has 0 aromatic carbocycles. The fraction of sp³-hybridized carbons (Fsp3) is 0.611. The van der Waals surface area contributed by atoms with Crippen molar-refractivity contribution in [3.05, 3.63) is 20.8 Å². The van der Waals surface area contributed by atoms with Crippen molar-refractivity contribution in [1.82, 2.24) is 14.9 Å². The summed E-state index contributed by atoms with van der Waals surface area (Å²) in [6, 6.07) is 0.156. The number of fused-ring (bicyclic) bond motifs is 1. The first-order valence-corrected chi connectivity index (χ1v) is 10.5. The highest BCUT2D eigenvalue weighted by Crippen LogP contribution is 2.28. The third kappa shape index (κ3) is 4.64. The van der Waals surface area contributed by atoms with Crippen molar-refractivity contribution in [2.24, 2.45) is 5.92 Å². The first kappa shape index (κ1) is 20.0. The summed E-state index contributed by atoms with van der Waals surface area (Å²) in [5.41, 5.74) is 1.02. The fourth-order valence-electron chi connectivity index (χ4n) is 2.49. The smallest absolute Gasteiger partial charge is 0.263 e. The van der Waals surface area contributed by atoms with Gasteiger partial charge in [-0.25, -0.2) is 4.98 Å². The molecule has 0 aliphatic rings. The molecule has 25 heavy (non-hydrogen) atoms. The monoisotopic (exact) mass is 381 g/mol. The van der Waals surface area contributed by atoms with Gasteiger partial charge in [0.25, 0.3) is 5.56 Å². The largest absolute Gasteiger partial charge is 0.353 e. The van der Waals surface area contributed by atoms with Crippen LogP contribution in [-0.4, -0.2) is 27.3 Å². The molecule has 2 heterocycles. The van der Waals surface area contributed by atoms with Crippen LogP contribution in [-0.2, 0) is 11.3 Å². The van der Waals surface area contributed by atoms with Gasteiger partial charge in [-0.05, 0) is 38.7 Å². The molecule has 0 unspecified atom stereocenters. The standard InChI is InChI=1S/C18H27N3O2S2/c1-7-11(4)19-14(22)9-24-18-20-16-15(12(5)13(6)25-16)17(23)21(18)8-10(2)3/h10-11H,7-9H2,1-6H3,(H,19,22)/t11-/m1/s1. The van der Waals surface area contributed by atoms with Crippen LogP contribution < -0.4 is 10.9 Å². The molecular formula is C18H27N3O2S2. The maximum Gasteiger partial charge on any atom is 0.263 e. The number of nitrogens with one attached hydrogen (secondary N) is 1. The number of rotatable bonds is 7. The number of carbonyl (C=O) groups excluding carboxylic acids is 1. The van der Waals surface area contributed by atoms with Crippen LogP contribution in [0, 0.1) is 19.8 Å². The third-order valence-electron chi connectivity index (χ3n) is 4.15. The Labute approximate surface area is 157 Å². The number of thiophene rings is 1. The summed E-state index contributed by atoms with van der Waals surface area (Å²) in [5, 5.41) is 4.30. The second-order valence-electron chi connectivity index (χ2n) is 6.83. The Balaban J connectivity index is 2.37. The first-order valence-electron chi connectivity index (χ1n) is 8.67. The number of carbonyl (C=O) groups is 1. The SMILES string of the molecule is CC[C@@H](C)NC(=O)CSc1nc2sc(C)c(C)c2c(=O)n1CC(C)C. The van der Waals surface area contributed by atoms with Crippen molar-refractivity contribution in [3.8, 4) is 0 Å². The van der Waals surface area contributed by atoms with E-state index >= 15 is 0 Å². The lowest BCUT2D eigenvalue weighted by atomic mass is 10.2. The van der Waals surface area contributed by atoms with E-state index < -0.39 is 0 Å². The van der Waals surface area contributed by atoms with Crippen LogP contribution in [0.15, 0.2) is 9.95 Å². The molecule has 0 spiro atoms. The average molecular weight is 382 g/mol. The van der Waals surface area contributed by atoms with Gasteiger partial charge in [0, 0.05) is 17.5 Å². The van der Waals surface area contributed by atoms with E-state index in [2.05, 4.69) is 19.2 Å². The molecule has 0 saturated heterocycles. The van der Waals surface area contributed by atoms with E-state index in [0.717, 1.165) is 27.1 Å². The average Bonchev–Trinajstić information content (AvgIpc) is 2.82. The number of hydrogen-bond acceptors (Lipinski definition) is 5. The number of nitrogens with zero attached hydrogens (tertiary/aromatic N) is 2. The lowest BCUT2D eigenvalue weighted by Gasteiger charge is -2.15. The van der Waals surface area contributed by atoms with Gasteiger partial charge in [0.2, 0.25) is 5.91 Å². The quantitative estimate of drug-likeness (QED) is 0.586. The Morgan fingerprint density at radius 2 is 2.00 bits per heavy atom. The lowest BCUT2D eigenvalue weighted by molar-refractivity contribution is -0.119. The van der Waals surface area contributed by atoms with Gasteiger partial charge in [-0.1, -0.05) is 32.5 Å². The van der Waals surface area contributed by atoms with E-state index in [9.17, 15) is 9.59 Å². The number of thioether (sulfide) groups is 1. The van der Waals surface area contributed by atoms with E-state index in [4.69, 9.17) is 4.98 Å². The summed E-state index contributed by atoms with van der Waals surface area (Å²) < 4.78 is 1.73. The molecule has 138 valence electrons. The van der Waals surface area contributed by atoms with E-state index in [1.165, 1.54) is 11.8 Å². The molecule has 2 aromatic rings. The summed E-state index contributed by atoms with van der Waals surface area (Å²) in [6.45, 7) is 12.8. The Morgan fingerprint density at radius 3 is 2.60 bits per heavy atom. The van der Waals surface area contributed by atoms with Gasteiger partial charge < -0.3 is 5.32 Å². The molecule has 1 N–H and O–H groups in total. The third-order valence-corrected chi connectivity index (χ3v) is 6.23. The highest BCUT2D eigenvalue weighted by atomic mass is 32.2. The molecule has 2 aromatic heterocycles. The Kier molecular flexibility index (Phi) is 6.68. The van der Waals surface area contributed by atoms with Crippen LogP contribution in [0.3, 0.4) is 0 Å². The summed E-state index contributed by atoms with van der Waals surface area (Å²) in [5.74, 6) is 0.567. The Bertz CT molecular complexity index is 824. The van der Waals surface area contributed by atoms with Gasteiger partial charge in [-0.3, -0.25) is 14.2 Å². The second-order valence-corrected chi connectivity index (χ2v) is 8.98. The van der Waals surface area contributed by atoms with Crippen LogP contribution in [0.5, 0.6) is 0 Å². The fourth-order valence-corrected chi connectivity index (χ4v) is 4.38. The highest BCUT2D eigenvalue weighted by molar-refractivity contribution is 7.99. The van der Waals surface area contributed by atoms with E-state index in [1.807, 2.05) is 27.7 Å².